The van der Waals surface area contributed by atoms with E-state index in [1.165, 1.54) is 0 Å². The molecule has 0 aliphatic carbocycles. The molecule has 7 nitrogen and oxygen atoms in total. The molecule has 0 radical (unpaired) electrons. The lowest BCUT2D eigenvalue weighted by molar-refractivity contribution is -0.757. The Kier molecular flexibility index (Phi) is 11.7. The number of allylic oxidation sites excluding steroid dienone is 2. The summed E-state index contributed by atoms with van der Waals surface area (Å²) >= 11 is 0. The Labute approximate surface area is 150 Å². The number of hydrogen-bond acceptors (Lipinski definition) is 5. The van der Waals surface area contributed by atoms with Crippen molar-refractivity contribution in [3.8, 4) is 0 Å². The van der Waals surface area contributed by atoms with Crippen LogP contribution < -0.4 is 5.32 Å². The van der Waals surface area contributed by atoms with Gasteiger partial charge in [0.05, 0.1) is 6.61 Å². The topological polar surface area (TPSA) is 84.7 Å². The number of hydrogen-bond donors (Lipinski definition) is 1. The van der Waals surface area contributed by atoms with Crippen LogP contribution in [0.3, 0.4) is 0 Å². The highest BCUT2D eigenvalue weighted by Crippen LogP contribution is 2.21. The first-order chi connectivity index (χ1) is 12.1. The van der Waals surface area contributed by atoms with Gasteiger partial charge in [-0.1, -0.05) is 12.2 Å². The van der Waals surface area contributed by atoms with Crippen LogP contribution in [0.25, 0.3) is 0 Å². The number of carbonyl (C=O) groups is 1. The van der Waals surface area contributed by atoms with E-state index >= 15 is 0 Å². The second-order valence-electron chi connectivity index (χ2n) is 6.65. The molecule has 0 spiro atoms. The minimum Gasteiger partial charge on any atom is -0.356 e. The molecule has 1 heterocycles. The fraction of sp³-hybridized carbons (Fsp3) is 0.833. The zero-order valence-corrected chi connectivity index (χ0v) is 15.5. The minimum absolute atomic E-state index is 0.153. The Morgan fingerprint density at radius 1 is 1.32 bits per heavy atom. The van der Waals surface area contributed by atoms with Gasteiger partial charge in [0.25, 0.3) is 5.09 Å². The van der Waals surface area contributed by atoms with E-state index in [0.717, 1.165) is 71.1 Å². The number of unbranched alkanes of at least 4 members (excludes halogenated alkanes) is 1. The first-order valence-corrected chi connectivity index (χ1v) is 9.49. The maximum atomic E-state index is 11.7. The van der Waals surface area contributed by atoms with E-state index in [0.29, 0.717) is 12.3 Å². The Morgan fingerprint density at radius 3 is 2.76 bits per heavy atom. The third-order valence-corrected chi connectivity index (χ3v) is 4.64. The molecule has 1 aliphatic heterocycles. The van der Waals surface area contributed by atoms with Gasteiger partial charge < -0.3 is 15.1 Å². The summed E-state index contributed by atoms with van der Waals surface area (Å²) in [5.41, 5.74) is 0. The summed E-state index contributed by atoms with van der Waals surface area (Å²) in [5, 5.41) is 12.4. The number of nitrogens with one attached hydrogen (secondary N) is 1. The van der Waals surface area contributed by atoms with Crippen LogP contribution in [0.2, 0.25) is 0 Å². The van der Waals surface area contributed by atoms with E-state index in [9.17, 15) is 14.9 Å². The largest absolute Gasteiger partial charge is 0.356 e. The standard InChI is InChI=1S/C18H33N3O4/c1-2-3-4-5-9-18(22)19-12-7-13-20-14-10-17(11-15-20)8-6-16-25-21(23)24/h2-3,17H,4-16H2,1H3,(H,19,22)/b3-2-. The van der Waals surface area contributed by atoms with Crippen LogP contribution in [0.15, 0.2) is 12.2 Å². The van der Waals surface area contributed by atoms with Gasteiger partial charge >= 0.3 is 0 Å². The smallest absolute Gasteiger partial charge is 0.294 e. The zero-order chi connectivity index (χ0) is 18.3. The summed E-state index contributed by atoms with van der Waals surface area (Å²) in [5.74, 6) is 0.809. The molecule has 1 fully saturated rings. The predicted octanol–water partition coefficient (Wildman–Crippen LogP) is 2.94. The molecule has 25 heavy (non-hydrogen) atoms. The van der Waals surface area contributed by atoms with Gasteiger partial charge in [-0.25, -0.2) is 0 Å². The van der Waals surface area contributed by atoms with Crippen LogP contribution in [-0.2, 0) is 9.63 Å². The Hall–Kier alpha value is -1.63. The molecule has 0 saturated carbocycles. The molecule has 1 saturated heterocycles. The first kappa shape index (κ1) is 21.4. The first-order valence-electron chi connectivity index (χ1n) is 9.49. The third-order valence-electron chi connectivity index (χ3n) is 4.64. The van der Waals surface area contributed by atoms with Crippen molar-refractivity contribution in [2.45, 2.75) is 58.3 Å². The number of rotatable bonds is 13. The van der Waals surface area contributed by atoms with E-state index in [-0.39, 0.29) is 12.5 Å². The molecule has 1 aliphatic rings. The maximum absolute atomic E-state index is 11.7. The number of likely N-dealkylation sites (tertiary alicyclic amines) is 1. The SMILES string of the molecule is C/C=C\CCCC(=O)NCCCN1CCC(CCCO[N+](=O)[O-])CC1. The average Bonchev–Trinajstić information content (AvgIpc) is 2.60. The molecular formula is C18H33N3O4. The van der Waals surface area contributed by atoms with Gasteiger partial charge in [-0.2, -0.15) is 0 Å². The van der Waals surface area contributed by atoms with Crippen molar-refractivity contribution in [1.82, 2.24) is 10.2 Å². The molecule has 0 aromatic heterocycles. The fourth-order valence-electron chi connectivity index (χ4n) is 3.18. The van der Waals surface area contributed by atoms with E-state index in [2.05, 4.69) is 21.1 Å². The number of amides is 1. The van der Waals surface area contributed by atoms with Crippen molar-refractivity contribution < 1.29 is 14.7 Å². The van der Waals surface area contributed by atoms with E-state index < -0.39 is 5.09 Å². The van der Waals surface area contributed by atoms with Crippen LogP contribution >= 0.6 is 0 Å². The van der Waals surface area contributed by atoms with Gasteiger partial charge in [-0.15, -0.1) is 10.1 Å². The molecule has 1 amide bonds. The van der Waals surface area contributed by atoms with Gasteiger partial charge in [0.1, 0.15) is 0 Å². The average molecular weight is 355 g/mol. The Bertz CT molecular complexity index is 407. The number of nitrogens with zero attached hydrogens (tertiary/aromatic N) is 2. The summed E-state index contributed by atoms with van der Waals surface area (Å²) < 4.78 is 0. The molecule has 7 heteroatoms. The second kappa shape index (κ2) is 13.6. The van der Waals surface area contributed by atoms with Gasteiger partial charge in [-0.05, 0) is 77.4 Å². The molecule has 0 unspecified atom stereocenters. The van der Waals surface area contributed by atoms with Crippen LogP contribution in [0, 0.1) is 16.0 Å². The molecule has 1 rings (SSSR count). The minimum atomic E-state index is -0.719. The summed E-state index contributed by atoms with van der Waals surface area (Å²) in [7, 11) is 0. The lowest BCUT2D eigenvalue weighted by atomic mass is 9.92. The highest BCUT2D eigenvalue weighted by atomic mass is 16.9. The summed E-state index contributed by atoms with van der Waals surface area (Å²) in [6.07, 6.45) is 11.6. The van der Waals surface area contributed by atoms with Crippen LogP contribution in [-0.4, -0.2) is 48.7 Å². The molecule has 1 N–H and O–H groups in total. The molecule has 0 aromatic rings. The highest BCUT2D eigenvalue weighted by molar-refractivity contribution is 5.75. The molecular weight excluding hydrogens is 322 g/mol. The van der Waals surface area contributed by atoms with E-state index in [1.807, 2.05) is 13.0 Å². The predicted molar refractivity (Wildman–Crippen MR) is 97.6 cm³/mol. The van der Waals surface area contributed by atoms with Crippen LogP contribution in [0.1, 0.15) is 58.3 Å². The van der Waals surface area contributed by atoms with Gasteiger partial charge in [0.2, 0.25) is 5.91 Å². The Morgan fingerprint density at radius 2 is 2.08 bits per heavy atom. The third kappa shape index (κ3) is 11.5. The summed E-state index contributed by atoms with van der Waals surface area (Å²) in [6.45, 7) is 6.14. The molecule has 0 atom stereocenters. The van der Waals surface area contributed by atoms with Crippen molar-refractivity contribution in [1.29, 1.82) is 0 Å². The number of carbonyl (C=O) groups excluding carboxylic acids is 1. The quantitative estimate of drug-likeness (QED) is 0.238. The molecule has 0 aromatic carbocycles. The summed E-state index contributed by atoms with van der Waals surface area (Å²) in [6, 6.07) is 0. The van der Waals surface area contributed by atoms with Crippen molar-refractivity contribution in [2.75, 3.05) is 32.8 Å². The van der Waals surface area contributed by atoms with Crippen molar-refractivity contribution in [3.63, 3.8) is 0 Å². The number of piperidine rings is 1. The van der Waals surface area contributed by atoms with Crippen molar-refractivity contribution >= 4 is 5.91 Å². The van der Waals surface area contributed by atoms with Crippen LogP contribution in [0.5, 0.6) is 0 Å². The molecule has 144 valence electrons. The fourth-order valence-corrected chi connectivity index (χ4v) is 3.18. The van der Waals surface area contributed by atoms with Crippen molar-refractivity contribution in [2.24, 2.45) is 5.92 Å². The second-order valence-corrected chi connectivity index (χ2v) is 6.65. The van der Waals surface area contributed by atoms with Gasteiger partial charge in [-0.3, -0.25) is 4.79 Å². The van der Waals surface area contributed by atoms with E-state index in [4.69, 9.17) is 0 Å². The van der Waals surface area contributed by atoms with Crippen LogP contribution in [0.4, 0.5) is 0 Å². The monoisotopic (exact) mass is 355 g/mol. The lowest BCUT2D eigenvalue weighted by Gasteiger charge is -2.32. The summed E-state index contributed by atoms with van der Waals surface area (Å²) in [4.78, 5) is 28.5. The van der Waals surface area contributed by atoms with Gasteiger partial charge in [0, 0.05) is 13.0 Å². The van der Waals surface area contributed by atoms with Crippen molar-refractivity contribution in [3.05, 3.63) is 22.3 Å². The highest BCUT2D eigenvalue weighted by Gasteiger charge is 2.18. The maximum Gasteiger partial charge on any atom is 0.294 e. The zero-order valence-electron chi connectivity index (χ0n) is 15.5. The van der Waals surface area contributed by atoms with Gasteiger partial charge in [0.15, 0.2) is 0 Å². The van der Waals surface area contributed by atoms with E-state index in [1.54, 1.807) is 0 Å². The normalized spacial score (nSPS) is 16.2. The Balaban J connectivity index is 1.96. The molecule has 0 bridgehead atoms. The lowest BCUT2D eigenvalue weighted by Crippen LogP contribution is -2.36.